The lowest BCUT2D eigenvalue weighted by Crippen LogP contribution is -2.33. The summed E-state index contributed by atoms with van der Waals surface area (Å²) in [6.07, 6.45) is 0.0733. The third-order valence-corrected chi connectivity index (χ3v) is 2.45. The number of aromatic nitrogens is 2. The second-order valence-electron chi connectivity index (χ2n) is 3.84. The van der Waals surface area contributed by atoms with Crippen molar-refractivity contribution < 1.29 is 19.0 Å². The highest BCUT2D eigenvalue weighted by Gasteiger charge is 2.38. The van der Waals surface area contributed by atoms with Crippen molar-refractivity contribution in [3.8, 4) is 0 Å². The van der Waals surface area contributed by atoms with E-state index in [0.717, 1.165) is 10.8 Å². The second-order valence-corrected chi connectivity index (χ2v) is 3.84. The summed E-state index contributed by atoms with van der Waals surface area (Å²) < 4.78 is 24.6. The van der Waals surface area contributed by atoms with Crippen LogP contribution < -0.4 is 11.4 Å². The highest BCUT2D eigenvalue weighted by molar-refractivity contribution is 5.26. The molecule has 17 heavy (non-hydrogen) atoms. The molecule has 94 valence electrons. The molecule has 3 N–H and O–H groups in total. The molecule has 1 aliphatic rings. The molecular formula is C9H12FN3O4. The Morgan fingerprint density at radius 2 is 2.53 bits per heavy atom. The van der Waals surface area contributed by atoms with E-state index in [0.29, 0.717) is 0 Å². The van der Waals surface area contributed by atoms with E-state index in [1.54, 1.807) is 0 Å². The smallest absolute Gasteiger partial charge is 0.351 e. The van der Waals surface area contributed by atoms with Gasteiger partial charge in [-0.1, -0.05) is 0 Å². The van der Waals surface area contributed by atoms with Gasteiger partial charge in [-0.15, -0.1) is 0 Å². The second kappa shape index (κ2) is 4.06. The monoisotopic (exact) mass is 245 g/mol. The molecule has 0 spiro atoms. The van der Waals surface area contributed by atoms with E-state index < -0.39 is 29.3 Å². The number of aliphatic hydroxyl groups is 1. The molecule has 0 amide bonds. The summed E-state index contributed by atoms with van der Waals surface area (Å²) in [5.74, 6) is -2.47. The Balaban J connectivity index is 2.31. The molecule has 8 heteroatoms. The van der Waals surface area contributed by atoms with E-state index in [4.69, 9.17) is 20.3 Å². The first-order valence-electron chi connectivity index (χ1n) is 4.92. The highest BCUT2D eigenvalue weighted by Crippen LogP contribution is 2.28. The Kier molecular flexibility index (Phi) is 2.86. The lowest BCUT2D eigenvalue weighted by atomic mass is 10.4. The molecule has 2 atom stereocenters. The maximum Gasteiger partial charge on any atom is 0.351 e. The number of hydrogen-bond acceptors (Lipinski definition) is 6. The van der Waals surface area contributed by atoms with Crippen molar-refractivity contribution >= 4 is 5.82 Å². The van der Waals surface area contributed by atoms with Gasteiger partial charge in [0.15, 0.2) is 23.7 Å². The standard InChI is InChI=1S/C9H12FN3O4/c1-9(4-14)16-3-6(17-9)13-2-5(10)7(11)12-8(13)15/h2,6,14H,3-4H2,1H3,(H2,11,12,15)/t6-,9+/m1/s1. The molecule has 2 rings (SSSR count). The van der Waals surface area contributed by atoms with Crippen molar-refractivity contribution in [2.24, 2.45) is 0 Å². The van der Waals surface area contributed by atoms with Gasteiger partial charge in [0.1, 0.15) is 0 Å². The third-order valence-electron chi connectivity index (χ3n) is 2.45. The van der Waals surface area contributed by atoms with Crippen LogP contribution in [0.2, 0.25) is 0 Å². The molecule has 0 aliphatic carbocycles. The molecule has 0 bridgehead atoms. The van der Waals surface area contributed by atoms with Gasteiger partial charge in [0.05, 0.1) is 19.4 Å². The summed E-state index contributed by atoms with van der Waals surface area (Å²) in [5.41, 5.74) is 4.42. The van der Waals surface area contributed by atoms with E-state index in [9.17, 15) is 9.18 Å². The number of nitrogen functional groups attached to an aromatic ring is 1. The molecule has 1 aliphatic heterocycles. The zero-order valence-corrected chi connectivity index (χ0v) is 9.09. The molecule has 1 aromatic rings. The summed E-state index contributed by atoms with van der Waals surface area (Å²) >= 11 is 0. The number of aliphatic hydroxyl groups excluding tert-OH is 1. The average molecular weight is 245 g/mol. The lowest BCUT2D eigenvalue weighted by Gasteiger charge is -2.20. The van der Waals surface area contributed by atoms with E-state index in [1.807, 2.05) is 0 Å². The van der Waals surface area contributed by atoms with Gasteiger partial charge in [0.25, 0.3) is 0 Å². The maximum absolute atomic E-state index is 13.2. The van der Waals surface area contributed by atoms with Crippen LogP contribution in [-0.4, -0.2) is 33.7 Å². The van der Waals surface area contributed by atoms with Crippen LogP contribution in [0.4, 0.5) is 10.2 Å². The van der Waals surface area contributed by atoms with Gasteiger partial charge in [-0.2, -0.15) is 4.98 Å². The van der Waals surface area contributed by atoms with E-state index >= 15 is 0 Å². The minimum Gasteiger partial charge on any atom is -0.391 e. The fraction of sp³-hybridized carbons (Fsp3) is 0.556. The first-order valence-corrected chi connectivity index (χ1v) is 4.92. The predicted molar refractivity (Wildman–Crippen MR) is 54.4 cm³/mol. The van der Waals surface area contributed by atoms with Gasteiger partial charge in [-0.3, -0.25) is 4.57 Å². The Morgan fingerprint density at radius 1 is 1.82 bits per heavy atom. The molecule has 2 heterocycles. The van der Waals surface area contributed by atoms with Crippen molar-refractivity contribution in [1.29, 1.82) is 0 Å². The van der Waals surface area contributed by atoms with Crippen LogP contribution in [0.1, 0.15) is 13.2 Å². The van der Waals surface area contributed by atoms with Gasteiger partial charge in [-0.25, -0.2) is 9.18 Å². The molecule has 7 nitrogen and oxygen atoms in total. The third kappa shape index (κ3) is 2.14. The topological polar surface area (TPSA) is 99.6 Å². The zero-order chi connectivity index (χ0) is 12.6. The number of rotatable bonds is 2. The van der Waals surface area contributed by atoms with Crippen molar-refractivity contribution in [1.82, 2.24) is 9.55 Å². The summed E-state index contributed by atoms with van der Waals surface area (Å²) in [4.78, 5) is 14.8. The first-order chi connectivity index (χ1) is 7.95. The number of nitrogens with two attached hydrogens (primary N) is 1. The Hall–Kier alpha value is -1.51. The minimum atomic E-state index is -1.19. The SMILES string of the molecule is C[C@]1(CO)OC[C@H](n2cc(F)c(N)nc2=O)O1. The van der Waals surface area contributed by atoms with E-state index in [1.165, 1.54) is 6.92 Å². The van der Waals surface area contributed by atoms with Gasteiger partial charge in [0.2, 0.25) is 0 Å². The number of nitrogens with zero attached hydrogens (tertiary/aromatic N) is 2. The quantitative estimate of drug-likeness (QED) is 0.709. The molecule has 1 aromatic heterocycles. The van der Waals surface area contributed by atoms with Crippen LogP contribution in [0, 0.1) is 5.82 Å². The molecule has 0 radical (unpaired) electrons. The molecule has 1 fully saturated rings. The zero-order valence-electron chi connectivity index (χ0n) is 9.09. The van der Waals surface area contributed by atoms with Crippen molar-refractivity contribution in [3.05, 3.63) is 22.5 Å². The van der Waals surface area contributed by atoms with Crippen LogP contribution in [0.25, 0.3) is 0 Å². The summed E-state index contributed by atoms with van der Waals surface area (Å²) in [7, 11) is 0. The Bertz CT molecular complexity index is 492. The van der Waals surface area contributed by atoms with Crippen molar-refractivity contribution in [2.45, 2.75) is 18.9 Å². The van der Waals surface area contributed by atoms with Crippen molar-refractivity contribution in [3.63, 3.8) is 0 Å². The molecule has 0 saturated carbocycles. The molecule has 0 unspecified atom stereocenters. The normalized spacial score (nSPS) is 28.5. The number of hydrogen-bond donors (Lipinski definition) is 2. The predicted octanol–water partition coefficient (Wildman–Crippen LogP) is -0.782. The van der Waals surface area contributed by atoms with Gasteiger partial charge >= 0.3 is 5.69 Å². The first kappa shape index (κ1) is 12.0. The fourth-order valence-electron chi connectivity index (χ4n) is 1.49. The Morgan fingerprint density at radius 3 is 3.12 bits per heavy atom. The summed E-state index contributed by atoms with van der Waals surface area (Å²) in [5, 5.41) is 9.01. The minimum absolute atomic E-state index is 0.0159. The van der Waals surface area contributed by atoms with Crippen LogP contribution in [0.5, 0.6) is 0 Å². The van der Waals surface area contributed by atoms with Gasteiger partial charge < -0.3 is 20.3 Å². The van der Waals surface area contributed by atoms with Crippen LogP contribution >= 0.6 is 0 Å². The van der Waals surface area contributed by atoms with Gasteiger partial charge in [-0.05, 0) is 6.92 Å². The molecular weight excluding hydrogens is 233 g/mol. The molecule has 0 aromatic carbocycles. The fourth-order valence-corrected chi connectivity index (χ4v) is 1.49. The number of halogens is 1. The maximum atomic E-state index is 13.2. The largest absolute Gasteiger partial charge is 0.391 e. The average Bonchev–Trinajstić information content (AvgIpc) is 2.67. The van der Waals surface area contributed by atoms with Crippen LogP contribution in [0.15, 0.2) is 11.0 Å². The van der Waals surface area contributed by atoms with E-state index in [-0.39, 0.29) is 13.2 Å². The van der Waals surface area contributed by atoms with Crippen LogP contribution in [0.3, 0.4) is 0 Å². The van der Waals surface area contributed by atoms with Crippen LogP contribution in [-0.2, 0) is 9.47 Å². The van der Waals surface area contributed by atoms with Crippen molar-refractivity contribution in [2.75, 3.05) is 18.9 Å². The molecule has 1 saturated heterocycles. The van der Waals surface area contributed by atoms with Gasteiger partial charge in [0, 0.05) is 0 Å². The number of ether oxygens (including phenoxy) is 2. The van der Waals surface area contributed by atoms with E-state index in [2.05, 4.69) is 4.98 Å². The summed E-state index contributed by atoms with van der Waals surface area (Å²) in [6, 6.07) is 0. The Labute approximate surface area is 95.6 Å². The lowest BCUT2D eigenvalue weighted by molar-refractivity contribution is -0.186. The highest BCUT2D eigenvalue weighted by atomic mass is 19.1. The number of anilines is 1. The summed E-state index contributed by atoms with van der Waals surface area (Å²) in [6.45, 7) is 1.16.